The predicted molar refractivity (Wildman–Crippen MR) is 136 cm³/mol. The fourth-order valence-corrected chi connectivity index (χ4v) is 6.06. The molecule has 5 rings (SSSR count). The quantitative estimate of drug-likeness (QED) is 0.327. The van der Waals surface area contributed by atoms with E-state index in [4.69, 9.17) is 0 Å². The molecule has 1 aromatic carbocycles. The van der Waals surface area contributed by atoms with Crippen molar-refractivity contribution in [1.82, 2.24) is 18.9 Å². The summed E-state index contributed by atoms with van der Waals surface area (Å²) in [5.74, 6) is -2.83. The standard InChI is InChI=1S/C26H25F2N5O4S/c1-15-4-6-17(7-5-15)38(36,37)33-14-19(18-10-16(27)12-30-25(18)33)23-29-13-20(28)24(32-23)31-21(11-22(34)35)26(2)8-3-9-26/h4-7,10,12-14,21H,3,8-9,11H2,1-2H3,(H,34,35)(H,29,31,32). The predicted octanol–water partition coefficient (Wildman–Crippen LogP) is 4.76. The first kappa shape index (κ1) is 25.7. The Labute approximate surface area is 217 Å². The summed E-state index contributed by atoms with van der Waals surface area (Å²) < 4.78 is 56.9. The third-order valence-corrected chi connectivity index (χ3v) is 8.83. The summed E-state index contributed by atoms with van der Waals surface area (Å²) in [5, 5.41) is 12.5. The van der Waals surface area contributed by atoms with Crippen LogP contribution in [0.1, 0.15) is 38.2 Å². The van der Waals surface area contributed by atoms with Crippen molar-refractivity contribution in [2.24, 2.45) is 5.41 Å². The number of benzene rings is 1. The molecule has 1 aliphatic carbocycles. The Morgan fingerprint density at radius 1 is 1.18 bits per heavy atom. The van der Waals surface area contributed by atoms with Crippen LogP contribution in [0.3, 0.4) is 0 Å². The first-order chi connectivity index (χ1) is 18.0. The molecule has 198 valence electrons. The van der Waals surface area contributed by atoms with Crippen LogP contribution in [-0.4, -0.2) is 44.5 Å². The largest absolute Gasteiger partial charge is 0.481 e. The summed E-state index contributed by atoms with van der Waals surface area (Å²) in [6.07, 6.45) is 5.32. The van der Waals surface area contributed by atoms with Crippen LogP contribution in [0, 0.1) is 24.0 Å². The number of aliphatic carboxylic acids is 1. The van der Waals surface area contributed by atoms with Crippen molar-refractivity contribution >= 4 is 32.8 Å². The molecule has 0 radical (unpaired) electrons. The number of rotatable bonds is 8. The van der Waals surface area contributed by atoms with Gasteiger partial charge in [-0.05, 0) is 43.4 Å². The zero-order valence-corrected chi connectivity index (χ0v) is 21.5. The molecule has 2 N–H and O–H groups in total. The maximum absolute atomic E-state index is 14.8. The average Bonchev–Trinajstić information content (AvgIpc) is 3.23. The van der Waals surface area contributed by atoms with Gasteiger partial charge in [0.25, 0.3) is 10.0 Å². The number of nitrogens with zero attached hydrogens (tertiary/aromatic N) is 4. The van der Waals surface area contributed by atoms with Gasteiger partial charge in [0.1, 0.15) is 5.82 Å². The Balaban J connectivity index is 1.61. The van der Waals surface area contributed by atoms with Crippen molar-refractivity contribution in [2.75, 3.05) is 5.32 Å². The highest BCUT2D eigenvalue weighted by Gasteiger charge is 2.41. The Bertz CT molecular complexity index is 1650. The molecule has 12 heteroatoms. The second kappa shape index (κ2) is 9.43. The van der Waals surface area contributed by atoms with E-state index in [1.165, 1.54) is 18.3 Å². The van der Waals surface area contributed by atoms with E-state index in [9.17, 15) is 27.1 Å². The molecule has 1 aliphatic rings. The van der Waals surface area contributed by atoms with E-state index in [-0.39, 0.29) is 45.0 Å². The topological polar surface area (TPSA) is 127 Å². The Kier molecular flexibility index (Phi) is 6.38. The number of pyridine rings is 1. The summed E-state index contributed by atoms with van der Waals surface area (Å²) in [5.41, 5.74) is 0.602. The first-order valence-electron chi connectivity index (χ1n) is 12.0. The number of hydrogen-bond donors (Lipinski definition) is 2. The molecule has 3 aromatic heterocycles. The van der Waals surface area contributed by atoms with E-state index in [1.807, 2.05) is 13.8 Å². The van der Waals surface area contributed by atoms with E-state index in [2.05, 4.69) is 20.3 Å². The molecule has 0 saturated heterocycles. The van der Waals surface area contributed by atoms with Crippen LogP contribution in [0.5, 0.6) is 0 Å². The van der Waals surface area contributed by atoms with Crippen LogP contribution >= 0.6 is 0 Å². The molecule has 3 heterocycles. The van der Waals surface area contributed by atoms with Crippen LogP contribution in [0.15, 0.2) is 53.8 Å². The lowest BCUT2D eigenvalue weighted by atomic mass is 9.64. The van der Waals surface area contributed by atoms with Gasteiger partial charge in [0.2, 0.25) is 0 Å². The highest BCUT2D eigenvalue weighted by Crippen LogP contribution is 2.45. The molecule has 1 unspecified atom stereocenters. The number of hydrogen-bond acceptors (Lipinski definition) is 7. The first-order valence-corrected chi connectivity index (χ1v) is 13.4. The van der Waals surface area contributed by atoms with Gasteiger partial charge in [-0.2, -0.15) is 0 Å². The van der Waals surface area contributed by atoms with Crippen molar-refractivity contribution in [1.29, 1.82) is 0 Å². The van der Waals surface area contributed by atoms with E-state index in [0.29, 0.717) is 0 Å². The van der Waals surface area contributed by atoms with Crippen LogP contribution in [0.2, 0.25) is 0 Å². The third kappa shape index (κ3) is 4.60. The van der Waals surface area contributed by atoms with E-state index < -0.39 is 33.7 Å². The number of carboxylic acids is 1. The molecule has 1 saturated carbocycles. The van der Waals surface area contributed by atoms with Crippen molar-refractivity contribution in [3.05, 3.63) is 66.1 Å². The number of carboxylic acid groups (broad SMARTS) is 1. The number of nitrogens with one attached hydrogen (secondary N) is 1. The fraction of sp³-hybridized carbons (Fsp3) is 0.308. The number of aryl methyl sites for hydroxylation is 1. The Hall–Kier alpha value is -3.93. The lowest BCUT2D eigenvalue weighted by molar-refractivity contribution is -0.138. The summed E-state index contributed by atoms with van der Waals surface area (Å²) in [6, 6.07) is 6.75. The molecular weight excluding hydrogens is 516 g/mol. The fourth-order valence-electron chi connectivity index (χ4n) is 4.73. The zero-order valence-electron chi connectivity index (χ0n) is 20.6. The summed E-state index contributed by atoms with van der Waals surface area (Å²) in [4.78, 5) is 23.8. The smallest absolute Gasteiger partial charge is 0.305 e. The van der Waals surface area contributed by atoms with Crippen LogP contribution < -0.4 is 5.32 Å². The molecule has 0 aliphatic heterocycles. The molecular formula is C26H25F2N5O4S. The second-order valence-electron chi connectivity index (χ2n) is 9.87. The number of fused-ring (bicyclic) bond motifs is 1. The second-order valence-corrected chi connectivity index (χ2v) is 11.7. The van der Waals surface area contributed by atoms with Crippen molar-refractivity contribution in [2.45, 2.75) is 50.5 Å². The van der Waals surface area contributed by atoms with Gasteiger partial charge in [-0.1, -0.05) is 31.0 Å². The molecule has 0 amide bonds. The minimum absolute atomic E-state index is 0.00492. The maximum atomic E-state index is 14.8. The highest BCUT2D eigenvalue weighted by molar-refractivity contribution is 7.90. The number of carbonyl (C=O) groups is 1. The van der Waals surface area contributed by atoms with Gasteiger partial charge in [0.05, 0.1) is 23.7 Å². The monoisotopic (exact) mass is 541 g/mol. The molecule has 38 heavy (non-hydrogen) atoms. The lowest BCUT2D eigenvalue weighted by Gasteiger charge is -2.45. The van der Waals surface area contributed by atoms with Gasteiger partial charge in [-0.25, -0.2) is 36.1 Å². The molecule has 9 nitrogen and oxygen atoms in total. The van der Waals surface area contributed by atoms with Gasteiger partial charge < -0.3 is 10.4 Å². The molecule has 4 aromatic rings. The number of anilines is 1. The molecule has 0 spiro atoms. The summed E-state index contributed by atoms with van der Waals surface area (Å²) in [6.45, 7) is 3.77. The van der Waals surface area contributed by atoms with Crippen molar-refractivity contribution in [3.8, 4) is 11.4 Å². The Morgan fingerprint density at radius 3 is 2.53 bits per heavy atom. The zero-order chi connectivity index (χ0) is 27.2. The van der Waals surface area contributed by atoms with Crippen LogP contribution in [0.25, 0.3) is 22.4 Å². The van der Waals surface area contributed by atoms with Crippen LogP contribution in [-0.2, 0) is 14.8 Å². The van der Waals surface area contributed by atoms with Gasteiger partial charge in [0, 0.05) is 23.2 Å². The number of aromatic nitrogens is 4. The van der Waals surface area contributed by atoms with E-state index in [0.717, 1.165) is 47.3 Å². The maximum Gasteiger partial charge on any atom is 0.305 e. The van der Waals surface area contributed by atoms with Crippen molar-refractivity contribution < 1.29 is 27.1 Å². The number of halogens is 2. The lowest BCUT2D eigenvalue weighted by Crippen LogP contribution is -2.45. The average molecular weight is 542 g/mol. The van der Waals surface area contributed by atoms with E-state index >= 15 is 0 Å². The minimum Gasteiger partial charge on any atom is -0.481 e. The van der Waals surface area contributed by atoms with Crippen LogP contribution in [0.4, 0.5) is 14.6 Å². The summed E-state index contributed by atoms with van der Waals surface area (Å²) in [7, 11) is -4.13. The van der Waals surface area contributed by atoms with Gasteiger partial charge in [0.15, 0.2) is 23.1 Å². The highest BCUT2D eigenvalue weighted by atomic mass is 32.2. The Morgan fingerprint density at radius 2 is 1.89 bits per heavy atom. The van der Waals surface area contributed by atoms with Crippen molar-refractivity contribution in [3.63, 3.8) is 0 Å². The SMILES string of the molecule is Cc1ccc(S(=O)(=O)n2cc(-c3ncc(F)c(NC(CC(=O)O)C4(C)CCC4)n3)c3cc(F)cnc32)cc1. The third-order valence-electron chi connectivity index (χ3n) is 7.17. The van der Waals surface area contributed by atoms with Gasteiger partial charge in [-0.3, -0.25) is 4.79 Å². The summed E-state index contributed by atoms with van der Waals surface area (Å²) >= 11 is 0. The van der Waals surface area contributed by atoms with Gasteiger partial charge >= 0.3 is 5.97 Å². The minimum atomic E-state index is -4.13. The normalized spacial score (nSPS) is 15.7. The molecule has 0 bridgehead atoms. The molecule has 1 atom stereocenters. The van der Waals surface area contributed by atoms with E-state index in [1.54, 1.807) is 12.1 Å². The van der Waals surface area contributed by atoms with Gasteiger partial charge in [-0.15, -0.1) is 0 Å². The molecule has 1 fully saturated rings.